The first kappa shape index (κ1) is 17.8. The normalized spacial score (nSPS) is 25.1. The van der Waals surface area contributed by atoms with Crippen LogP contribution in [-0.2, 0) is 22.4 Å². The van der Waals surface area contributed by atoms with E-state index in [1.54, 1.807) is 0 Å². The number of hydrogen-bond donors (Lipinski definition) is 0. The van der Waals surface area contributed by atoms with Gasteiger partial charge in [0.2, 0.25) is 5.88 Å². The molecule has 6 rings (SSSR count). The summed E-state index contributed by atoms with van der Waals surface area (Å²) in [6.45, 7) is 10.7. The van der Waals surface area contributed by atoms with Crippen LogP contribution in [0.5, 0.6) is 0 Å². The van der Waals surface area contributed by atoms with Crippen molar-refractivity contribution in [3.05, 3.63) is 23.3 Å². The summed E-state index contributed by atoms with van der Waals surface area (Å²) in [5.41, 5.74) is 2.33. The lowest BCUT2D eigenvalue weighted by Gasteiger charge is -2.35. The first-order valence-corrected chi connectivity index (χ1v) is 11.0. The van der Waals surface area contributed by atoms with Crippen molar-refractivity contribution in [1.29, 1.82) is 0 Å². The number of rotatable bonds is 6. The standard InChI is InChI=1S/C21H29N5O3/c1-3-18-22-20-14(8-25(21(20)29-18)16-11-28-12-16)6-13(2)17-7-19-24(15-9-27-10-15)4-5-26(19)23-17/h7,13-16H,3-6,8-12H2,1-2H3. The van der Waals surface area contributed by atoms with Gasteiger partial charge in [-0.25, -0.2) is 9.67 Å². The number of nitrogens with zero attached hydrogens (tertiary/aromatic N) is 5. The molecule has 2 saturated heterocycles. The van der Waals surface area contributed by atoms with Crippen molar-refractivity contribution in [2.45, 2.75) is 57.2 Å². The summed E-state index contributed by atoms with van der Waals surface area (Å²) >= 11 is 0. The van der Waals surface area contributed by atoms with E-state index < -0.39 is 0 Å². The van der Waals surface area contributed by atoms with Crippen molar-refractivity contribution >= 4 is 11.7 Å². The van der Waals surface area contributed by atoms with Gasteiger partial charge < -0.3 is 23.7 Å². The molecule has 4 aliphatic rings. The Balaban J connectivity index is 1.21. The summed E-state index contributed by atoms with van der Waals surface area (Å²) in [7, 11) is 0. The van der Waals surface area contributed by atoms with Crippen LogP contribution < -0.4 is 9.80 Å². The van der Waals surface area contributed by atoms with E-state index in [9.17, 15) is 0 Å². The second-order valence-corrected chi connectivity index (χ2v) is 8.86. The van der Waals surface area contributed by atoms with Crippen molar-refractivity contribution in [1.82, 2.24) is 14.8 Å². The third-order valence-electron chi connectivity index (χ3n) is 6.94. The van der Waals surface area contributed by atoms with Crippen LogP contribution in [0.1, 0.15) is 49.4 Å². The summed E-state index contributed by atoms with van der Waals surface area (Å²) in [5.74, 6) is 3.85. The van der Waals surface area contributed by atoms with Gasteiger partial charge in [0.05, 0.1) is 50.7 Å². The fourth-order valence-corrected chi connectivity index (χ4v) is 5.00. The highest BCUT2D eigenvalue weighted by Gasteiger charge is 2.41. The zero-order chi connectivity index (χ0) is 19.5. The molecule has 0 bridgehead atoms. The summed E-state index contributed by atoms with van der Waals surface area (Å²) < 4.78 is 19.1. The molecule has 29 heavy (non-hydrogen) atoms. The average Bonchev–Trinajstić information content (AvgIpc) is 3.35. The van der Waals surface area contributed by atoms with Crippen LogP contribution in [0.25, 0.3) is 0 Å². The minimum atomic E-state index is 0.379. The second kappa shape index (κ2) is 6.74. The Bertz CT molecular complexity index is 900. The fourth-order valence-electron chi connectivity index (χ4n) is 5.00. The molecule has 2 fully saturated rings. The highest BCUT2D eigenvalue weighted by atomic mass is 16.5. The number of anilines is 2. The van der Waals surface area contributed by atoms with Crippen molar-refractivity contribution in [3.8, 4) is 0 Å². The molecule has 0 saturated carbocycles. The van der Waals surface area contributed by atoms with Gasteiger partial charge in [-0.05, 0) is 6.42 Å². The predicted octanol–water partition coefficient (Wildman–Crippen LogP) is 2.15. The lowest BCUT2D eigenvalue weighted by Crippen LogP contribution is -2.48. The zero-order valence-corrected chi connectivity index (χ0v) is 17.2. The van der Waals surface area contributed by atoms with E-state index in [1.807, 2.05) is 0 Å². The Hall–Kier alpha value is -2.06. The number of aromatic nitrogens is 3. The minimum absolute atomic E-state index is 0.379. The molecular weight excluding hydrogens is 370 g/mol. The Morgan fingerprint density at radius 2 is 1.86 bits per heavy atom. The average molecular weight is 399 g/mol. The molecule has 0 radical (unpaired) electrons. The highest BCUT2D eigenvalue weighted by Crippen LogP contribution is 2.43. The SMILES string of the molecule is CCc1nc2c(o1)N(C1COC1)CC2CC(C)c1cc2n(n1)CCN2C1COC1. The van der Waals surface area contributed by atoms with Crippen molar-refractivity contribution < 1.29 is 13.9 Å². The van der Waals surface area contributed by atoms with Crippen LogP contribution in [0.3, 0.4) is 0 Å². The molecule has 156 valence electrons. The van der Waals surface area contributed by atoms with E-state index in [4.69, 9.17) is 24.0 Å². The third kappa shape index (κ3) is 2.79. The van der Waals surface area contributed by atoms with E-state index >= 15 is 0 Å². The fraction of sp³-hybridized carbons (Fsp3) is 0.714. The minimum Gasteiger partial charge on any atom is -0.425 e. The molecule has 0 spiro atoms. The molecule has 8 nitrogen and oxygen atoms in total. The second-order valence-electron chi connectivity index (χ2n) is 8.86. The smallest absolute Gasteiger partial charge is 0.220 e. The van der Waals surface area contributed by atoms with E-state index in [1.165, 1.54) is 11.5 Å². The number of ether oxygens (including phenoxy) is 2. The van der Waals surface area contributed by atoms with Gasteiger partial charge in [0.15, 0.2) is 5.89 Å². The lowest BCUT2D eigenvalue weighted by atomic mass is 9.92. The summed E-state index contributed by atoms with van der Waals surface area (Å²) in [6.07, 6.45) is 1.87. The van der Waals surface area contributed by atoms with Gasteiger partial charge >= 0.3 is 0 Å². The van der Waals surface area contributed by atoms with Gasteiger partial charge in [-0.2, -0.15) is 5.10 Å². The van der Waals surface area contributed by atoms with Gasteiger partial charge in [0, 0.05) is 37.4 Å². The van der Waals surface area contributed by atoms with Gasteiger partial charge in [-0.15, -0.1) is 0 Å². The van der Waals surface area contributed by atoms with Gasteiger partial charge in [-0.3, -0.25) is 0 Å². The first-order chi connectivity index (χ1) is 14.2. The molecule has 2 aromatic rings. The monoisotopic (exact) mass is 399 g/mol. The Morgan fingerprint density at radius 3 is 2.55 bits per heavy atom. The summed E-state index contributed by atoms with van der Waals surface area (Å²) in [6, 6.07) is 3.25. The molecule has 0 N–H and O–H groups in total. The van der Waals surface area contributed by atoms with E-state index in [2.05, 4.69) is 34.4 Å². The highest BCUT2D eigenvalue weighted by molar-refractivity contribution is 5.51. The quantitative estimate of drug-likeness (QED) is 0.737. The maximum Gasteiger partial charge on any atom is 0.220 e. The molecule has 0 aliphatic carbocycles. The van der Waals surface area contributed by atoms with Crippen molar-refractivity contribution in [3.63, 3.8) is 0 Å². The first-order valence-electron chi connectivity index (χ1n) is 11.0. The lowest BCUT2D eigenvalue weighted by molar-refractivity contribution is 0.00713. The van der Waals surface area contributed by atoms with Gasteiger partial charge in [0.25, 0.3) is 0 Å². The van der Waals surface area contributed by atoms with E-state index in [0.717, 1.165) is 76.4 Å². The largest absolute Gasteiger partial charge is 0.425 e. The molecule has 2 atom stereocenters. The van der Waals surface area contributed by atoms with Crippen LogP contribution in [-0.4, -0.2) is 66.4 Å². The number of oxazole rings is 1. The predicted molar refractivity (Wildman–Crippen MR) is 108 cm³/mol. The van der Waals surface area contributed by atoms with E-state index in [0.29, 0.717) is 23.9 Å². The molecule has 0 aromatic carbocycles. The van der Waals surface area contributed by atoms with Crippen molar-refractivity contribution in [2.24, 2.45) is 0 Å². The maximum atomic E-state index is 6.09. The zero-order valence-electron chi connectivity index (χ0n) is 17.2. The third-order valence-corrected chi connectivity index (χ3v) is 6.94. The maximum absolute atomic E-state index is 6.09. The molecule has 8 heteroatoms. The molecular formula is C21H29N5O3. The Kier molecular flexibility index (Phi) is 4.13. The van der Waals surface area contributed by atoms with Crippen molar-refractivity contribution in [2.75, 3.05) is 49.3 Å². The Labute approximate surface area is 170 Å². The number of fused-ring (bicyclic) bond motifs is 2. The molecule has 6 heterocycles. The molecule has 2 unspecified atom stereocenters. The van der Waals surface area contributed by atoms with E-state index in [-0.39, 0.29) is 0 Å². The van der Waals surface area contributed by atoms with Crippen LogP contribution in [0, 0.1) is 0 Å². The topological polar surface area (TPSA) is 68.8 Å². The Morgan fingerprint density at radius 1 is 1.10 bits per heavy atom. The number of hydrogen-bond acceptors (Lipinski definition) is 7. The van der Waals surface area contributed by atoms with Crippen LogP contribution >= 0.6 is 0 Å². The number of aryl methyl sites for hydroxylation is 1. The molecule has 0 amide bonds. The van der Waals surface area contributed by atoms with Crippen LogP contribution in [0.15, 0.2) is 10.5 Å². The molecule has 4 aliphatic heterocycles. The van der Waals surface area contributed by atoms with Gasteiger partial charge in [0.1, 0.15) is 11.5 Å². The van der Waals surface area contributed by atoms with Crippen LogP contribution in [0.4, 0.5) is 11.7 Å². The van der Waals surface area contributed by atoms with Crippen LogP contribution in [0.2, 0.25) is 0 Å². The van der Waals surface area contributed by atoms with Gasteiger partial charge in [-0.1, -0.05) is 13.8 Å². The molecule has 2 aromatic heterocycles. The summed E-state index contributed by atoms with van der Waals surface area (Å²) in [4.78, 5) is 9.68. The summed E-state index contributed by atoms with van der Waals surface area (Å²) in [5, 5.41) is 4.94.